The second-order valence-corrected chi connectivity index (χ2v) is 7.39. The average molecular weight is 344 g/mol. The highest BCUT2D eigenvalue weighted by molar-refractivity contribution is 7.99. The Kier molecular flexibility index (Phi) is 6.37. The maximum atomic E-state index is 9.62. The molecule has 2 rings (SSSR count). The number of methoxy groups -OCH3 is 1. The van der Waals surface area contributed by atoms with Gasteiger partial charge in [0, 0.05) is 30.2 Å². The van der Waals surface area contributed by atoms with Crippen LogP contribution in [0.2, 0.25) is 0 Å². The summed E-state index contributed by atoms with van der Waals surface area (Å²) in [6, 6.07) is 0.155. The Balaban J connectivity index is 2.24. The number of nitrogens with one attached hydrogen (secondary N) is 1. The molecule has 1 aliphatic rings. The minimum atomic E-state index is 0.0690. The molecule has 4 unspecified atom stereocenters. The fraction of sp³-hybridized carbons (Fsp3) is 0.733. The van der Waals surface area contributed by atoms with Crippen LogP contribution in [0, 0.1) is 19.8 Å². The summed E-state index contributed by atoms with van der Waals surface area (Å²) in [6.45, 7) is 4.24. The Morgan fingerprint density at radius 1 is 1.32 bits per heavy atom. The van der Waals surface area contributed by atoms with Crippen molar-refractivity contribution >= 4 is 29.3 Å². The highest BCUT2D eigenvalue weighted by Crippen LogP contribution is 2.37. The summed E-state index contributed by atoms with van der Waals surface area (Å²) in [5.41, 5.74) is 2.06. The van der Waals surface area contributed by atoms with Crippen molar-refractivity contribution in [3.8, 4) is 0 Å². The zero-order chi connectivity index (χ0) is 16.3. The van der Waals surface area contributed by atoms with Crippen molar-refractivity contribution < 1.29 is 9.84 Å². The van der Waals surface area contributed by atoms with Crippen LogP contribution in [0.5, 0.6) is 0 Å². The zero-order valence-electron chi connectivity index (χ0n) is 13.8. The van der Waals surface area contributed by atoms with Gasteiger partial charge >= 0.3 is 0 Å². The summed E-state index contributed by atoms with van der Waals surface area (Å²) in [4.78, 5) is 9.07. The van der Waals surface area contributed by atoms with Gasteiger partial charge in [0.1, 0.15) is 5.82 Å². The molecule has 1 aromatic rings. The summed E-state index contributed by atoms with van der Waals surface area (Å²) in [6.07, 6.45) is 5.01. The molecule has 4 atom stereocenters. The van der Waals surface area contributed by atoms with E-state index in [1.165, 1.54) is 0 Å². The number of thioether (sulfide) groups is 2. The second-order valence-electron chi connectivity index (χ2n) is 5.60. The van der Waals surface area contributed by atoms with Crippen molar-refractivity contribution in [2.24, 2.45) is 5.92 Å². The third-order valence-electron chi connectivity index (χ3n) is 4.39. The van der Waals surface area contributed by atoms with E-state index in [0.29, 0.717) is 5.25 Å². The molecule has 0 aromatic carbocycles. The van der Waals surface area contributed by atoms with Gasteiger partial charge in [0.05, 0.1) is 12.1 Å². The van der Waals surface area contributed by atoms with Crippen LogP contribution in [0.4, 0.5) is 5.82 Å². The SMILES string of the molecule is COC1C(Nc2nc(SC)nc(C)c2C)CC(CO)C1SC. The predicted molar refractivity (Wildman–Crippen MR) is 94.0 cm³/mol. The number of rotatable bonds is 6. The van der Waals surface area contributed by atoms with Gasteiger partial charge in [0.2, 0.25) is 0 Å². The molecular formula is C15H25N3O2S2. The van der Waals surface area contributed by atoms with E-state index in [1.54, 1.807) is 30.6 Å². The summed E-state index contributed by atoms with van der Waals surface area (Å²) >= 11 is 3.31. The molecule has 0 spiro atoms. The number of anilines is 1. The van der Waals surface area contributed by atoms with Gasteiger partial charge in [0.15, 0.2) is 5.16 Å². The lowest BCUT2D eigenvalue weighted by Gasteiger charge is -2.25. The van der Waals surface area contributed by atoms with Crippen LogP contribution in [0.3, 0.4) is 0 Å². The van der Waals surface area contributed by atoms with Gasteiger partial charge < -0.3 is 15.2 Å². The van der Waals surface area contributed by atoms with Gasteiger partial charge in [-0.25, -0.2) is 9.97 Å². The first-order valence-electron chi connectivity index (χ1n) is 7.37. The maximum Gasteiger partial charge on any atom is 0.189 e. The Morgan fingerprint density at radius 2 is 2.05 bits per heavy atom. The Bertz CT molecular complexity index is 516. The minimum Gasteiger partial charge on any atom is -0.396 e. The number of nitrogens with zero attached hydrogens (tertiary/aromatic N) is 2. The van der Waals surface area contributed by atoms with E-state index in [1.807, 2.05) is 20.1 Å². The van der Waals surface area contributed by atoms with Crippen LogP contribution in [0.15, 0.2) is 5.16 Å². The number of aromatic nitrogens is 2. The first kappa shape index (κ1) is 17.8. The number of hydrogen-bond acceptors (Lipinski definition) is 7. The van der Waals surface area contributed by atoms with E-state index in [-0.39, 0.29) is 24.7 Å². The Labute approximate surface area is 141 Å². The number of aliphatic hydroxyl groups excluding tert-OH is 1. The first-order valence-corrected chi connectivity index (χ1v) is 9.89. The minimum absolute atomic E-state index is 0.0690. The third kappa shape index (κ3) is 3.53. The first-order chi connectivity index (χ1) is 10.5. The molecule has 1 aromatic heterocycles. The zero-order valence-corrected chi connectivity index (χ0v) is 15.4. The van der Waals surface area contributed by atoms with Crippen LogP contribution in [0.1, 0.15) is 17.7 Å². The molecule has 0 saturated heterocycles. The van der Waals surface area contributed by atoms with Gasteiger partial charge in [-0.2, -0.15) is 11.8 Å². The molecule has 7 heteroatoms. The molecule has 0 aliphatic heterocycles. The normalized spacial score (nSPS) is 28.1. The molecule has 1 heterocycles. The van der Waals surface area contributed by atoms with Gasteiger partial charge in [-0.05, 0) is 38.7 Å². The number of hydrogen-bond donors (Lipinski definition) is 2. The fourth-order valence-electron chi connectivity index (χ4n) is 3.05. The molecule has 0 amide bonds. The summed E-state index contributed by atoms with van der Waals surface area (Å²) < 4.78 is 5.72. The largest absolute Gasteiger partial charge is 0.396 e. The van der Waals surface area contributed by atoms with E-state index in [2.05, 4.69) is 21.5 Å². The molecule has 1 fully saturated rings. The van der Waals surface area contributed by atoms with Gasteiger partial charge in [0.25, 0.3) is 0 Å². The average Bonchev–Trinajstić information content (AvgIpc) is 2.87. The van der Waals surface area contributed by atoms with Crippen LogP contribution in [-0.4, -0.2) is 58.7 Å². The van der Waals surface area contributed by atoms with Crippen LogP contribution >= 0.6 is 23.5 Å². The molecular weight excluding hydrogens is 318 g/mol. The van der Waals surface area contributed by atoms with Gasteiger partial charge in [-0.1, -0.05) is 11.8 Å². The number of aliphatic hydroxyl groups is 1. The maximum absolute atomic E-state index is 9.62. The Morgan fingerprint density at radius 3 is 2.59 bits per heavy atom. The molecule has 1 aliphatic carbocycles. The molecule has 0 radical (unpaired) electrons. The van der Waals surface area contributed by atoms with Crippen LogP contribution in [-0.2, 0) is 4.74 Å². The van der Waals surface area contributed by atoms with Crippen molar-refractivity contribution in [1.29, 1.82) is 0 Å². The number of ether oxygens (including phenoxy) is 1. The smallest absolute Gasteiger partial charge is 0.189 e. The van der Waals surface area contributed by atoms with E-state index in [0.717, 1.165) is 28.7 Å². The van der Waals surface area contributed by atoms with Crippen molar-refractivity contribution in [2.75, 3.05) is 31.5 Å². The summed E-state index contributed by atoms with van der Waals surface area (Å²) in [5, 5.41) is 14.2. The highest BCUT2D eigenvalue weighted by atomic mass is 32.2. The van der Waals surface area contributed by atoms with E-state index < -0.39 is 0 Å². The predicted octanol–water partition coefficient (Wildman–Crippen LogP) is 2.35. The van der Waals surface area contributed by atoms with Gasteiger partial charge in [-0.3, -0.25) is 0 Å². The van der Waals surface area contributed by atoms with Crippen LogP contribution < -0.4 is 5.32 Å². The Hall–Kier alpha value is -0.500. The lowest BCUT2D eigenvalue weighted by atomic mass is 10.1. The topological polar surface area (TPSA) is 67.3 Å². The molecule has 124 valence electrons. The molecule has 1 saturated carbocycles. The van der Waals surface area contributed by atoms with Crippen LogP contribution in [0.25, 0.3) is 0 Å². The fourth-order valence-corrected chi connectivity index (χ4v) is 4.61. The van der Waals surface area contributed by atoms with E-state index >= 15 is 0 Å². The molecule has 2 N–H and O–H groups in total. The quantitative estimate of drug-likeness (QED) is 0.607. The van der Waals surface area contributed by atoms with Crippen molar-refractivity contribution in [3.63, 3.8) is 0 Å². The lowest BCUT2D eigenvalue weighted by Crippen LogP contribution is -2.36. The standard InChI is InChI=1S/C15H25N3O2S2/c1-8-9(2)16-15(22-5)18-14(8)17-11-6-10(7-19)13(21-4)12(11)20-3/h10-13,19H,6-7H2,1-5H3,(H,16,17,18). The van der Waals surface area contributed by atoms with Crippen molar-refractivity contribution in [2.45, 2.75) is 42.8 Å². The van der Waals surface area contributed by atoms with Gasteiger partial charge in [-0.15, -0.1) is 0 Å². The van der Waals surface area contributed by atoms with Crippen molar-refractivity contribution in [3.05, 3.63) is 11.3 Å². The third-order valence-corrected chi connectivity index (χ3v) is 6.14. The summed E-state index contributed by atoms with van der Waals surface area (Å²) in [5.74, 6) is 1.13. The van der Waals surface area contributed by atoms with E-state index in [4.69, 9.17) is 4.74 Å². The molecule has 0 bridgehead atoms. The van der Waals surface area contributed by atoms with E-state index in [9.17, 15) is 5.11 Å². The highest BCUT2D eigenvalue weighted by Gasteiger charge is 2.43. The second kappa shape index (κ2) is 7.86. The van der Waals surface area contributed by atoms with Crippen molar-refractivity contribution in [1.82, 2.24) is 9.97 Å². The lowest BCUT2D eigenvalue weighted by molar-refractivity contribution is 0.0988. The summed E-state index contributed by atoms with van der Waals surface area (Å²) in [7, 11) is 1.74. The monoisotopic (exact) mass is 343 g/mol. The molecule has 22 heavy (non-hydrogen) atoms. The number of aryl methyl sites for hydroxylation is 1. The molecule has 5 nitrogen and oxygen atoms in total.